The van der Waals surface area contributed by atoms with Crippen LogP contribution in [0.25, 0.3) is 0 Å². The Balaban J connectivity index is 2.25. The Hall–Kier alpha value is -2.65. The number of carbonyl (C=O) groups is 1. The molecule has 0 spiro atoms. The average molecular weight is 492 g/mol. The van der Waals surface area contributed by atoms with Crippen LogP contribution in [0, 0.1) is 5.92 Å². The van der Waals surface area contributed by atoms with Gasteiger partial charge in [-0.1, -0.05) is 44.2 Å². The first-order valence-electron chi connectivity index (χ1n) is 11.6. The minimum atomic E-state index is -3.78. The number of pyridine rings is 1. The number of hydrogen-bond donors (Lipinski definition) is 1. The molecular formula is C25H37N3O5S. The van der Waals surface area contributed by atoms with E-state index in [1.54, 1.807) is 24.3 Å². The number of sulfonamides is 1. The smallest absolute Gasteiger partial charge is 0.339 e. The summed E-state index contributed by atoms with van der Waals surface area (Å²) in [5.74, 6) is -0.496. The summed E-state index contributed by atoms with van der Waals surface area (Å²) in [5.41, 5.74) is 0.898. The second kappa shape index (κ2) is 12.7. The Morgan fingerprint density at radius 2 is 1.71 bits per heavy atom. The van der Waals surface area contributed by atoms with Crippen molar-refractivity contribution in [1.82, 2.24) is 9.88 Å². The minimum absolute atomic E-state index is 0.107. The SMILES string of the molecule is CC(C)COC(=O)c1cnc(OCCN(C(C)C)C(C)C)c(NS(=O)(=O)Cc2ccccc2)c1. The molecule has 0 radical (unpaired) electrons. The maximum absolute atomic E-state index is 12.9. The van der Waals surface area contributed by atoms with E-state index in [0.717, 1.165) is 0 Å². The van der Waals surface area contributed by atoms with Crippen molar-refractivity contribution in [2.24, 2.45) is 5.92 Å². The summed E-state index contributed by atoms with van der Waals surface area (Å²) in [6.07, 6.45) is 1.34. The number of benzene rings is 1. The molecule has 1 aromatic heterocycles. The molecule has 1 N–H and O–H groups in total. The number of ether oxygens (including phenoxy) is 2. The summed E-state index contributed by atoms with van der Waals surface area (Å²) in [4.78, 5) is 18.9. The first kappa shape index (κ1) is 27.6. The molecule has 188 valence electrons. The van der Waals surface area contributed by atoms with E-state index in [4.69, 9.17) is 9.47 Å². The molecule has 0 fully saturated rings. The summed E-state index contributed by atoms with van der Waals surface area (Å²) >= 11 is 0. The Bertz CT molecular complexity index is 1020. The Labute approximate surface area is 203 Å². The number of hydrogen-bond acceptors (Lipinski definition) is 7. The molecule has 0 aliphatic heterocycles. The van der Waals surface area contributed by atoms with Crippen LogP contribution in [0.4, 0.5) is 5.69 Å². The molecule has 1 aromatic carbocycles. The summed E-state index contributed by atoms with van der Waals surface area (Å²) in [6.45, 7) is 13.5. The van der Waals surface area contributed by atoms with E-state index in [2.05, 4.69) is 42.3 Å². The average Bonchev–Trinajstić information content (AvgIpc) is 2.75. The van der Waals surface area contributed by atoms with Gasteiger partial charge in [0.2, 0.25) is 15.9 Å². The molecule has 0 saturated carbocycles. The Morgan fingerprint density at radius 3 is 2.29 bits per heavy atom. The highest BCUT2D eigenvalue weighted by Crippen LogP contribution is 2.25. The molecule has 34 heavy (non-hydrogen) atoms. The number of aromatic nitrogens is 1. The van der Waals surface area contributed by atoms with Gasteiger partial charge in [0.25, 0.3) is 0 Å². The topological polar surface area (TPSA) is 97.8 Å². The molecule has 0 bridgehead atoms. The highest BCUT2D eigenvalue weighted by molar-refractivity contribution is 7.91. The van der Waals surface area contributed by atoms with Crippen LogP contribution in [0.3, 0.4) is 0 Å². The predicted molar refractivity (Wildman–Crippen MR) is 135 cm³/mol. The zero-order valence-corrected chi connectivity index (χ0v) is 21.8. The molecular weight excluding hydrogens is 454 g/mol. The molecule has 8 nitrogen and oxygen atoms in total. The van der Waals surface area contributed by atoms with Gasteiger partial charge in [0.15, 0.2) is 0 Å². The van der Waals surface area contributed by atoms with Crippen molar-refractivity contribution in [3.8, 4) is 5.88 Å². The number of anilines is 1. The molecule has 2 rings (SSSR count). The van der Waals surface area contributed by atoms with Crippen LogP contribution in [-0.2, 0) is 20.5 Å². The summed E-state index contributed by atoms with van der Waals surface area (Å²) in [7, 11) is -3.78. The summed E-state index contributed by atoms with van der Waals surface area (Å²) in [5, 5.41) is 0. The quantitative estimate of drug-likeness (QED) is 0.416. The number of nitrogens with zero attached hydrogens (tertiary/aromatic N) is 2. The Morgan fingerprint density at radius 1 is 1.06 bits per heavy atom. The third-order valence-electron chi connectivity index (χ3n) is 5.01. The van der Waals surface area contributed by atoms with Gasteiger partial charge >= 0.3 is 5.97 Å². The molecule has 0 amide bonds. The van der Waals surface area contributed by atoms with Crippen LogP contribution in [0.5, 0.6) is 5.88 Å². The van der Waals surface area contributed by atoms with E-state index in [0.29, 0.717) is 30.8 Å². The largest absolute Gasteiger partial charge is 0.475 e. The van der Waals surface area contributed by atoms with Gasteiger partial charge in [-0.2, -0.15) is 0 Å². The van der Waals surface area contributed by atoms with Crippen molar-refractivity contribution in [3.63, 3.8) is 0 Å². The predicted octanol–water partition coefficient (Wildman–Crippen LogP) is 4.33. The van der Waals surface area contributed by atoms with Gasteiger partial charge in [0, 0.05) is 24.8 Å². The number of nitrogens with one attached hydrogen (secondary N) is 1. The highest BCUT2D eigenvalue weighted by Gasteiger charge is 2.20. The van der Waals surface area contributed by atoms with Gasteiger partial charge in [-0.15, -0.1) is 0 Å². The van der Waals surface area contributed by atoms with E-state index >= 15 is 0 Å². The lowest BCUT2D eigenvalue weighted by atomic mass is 10.2. The maximum atomic E-state index is 12.9. The van der Waals surface area contributed by atoms with Crippen LogP contribution >= 0.6 is 0 Å². The molecule has 9 heteroatoms. The van der Waals surface area contributed by atoms with Crippen molar-refractivity contribution in [2.45, 2.75) is 59.4 Å². The first-order chi connectivity index (χ1) is 16.0. The van der Waals surface area contributed by atoms with Crippen LogP contribution in [0.1, 0.15) is 57.5 Å². The van der Waals surface area contributed by atoms with Gasteiger partial charge in [-0.25, -0.2) is 18.2 Å². The standard InChI is InChI=1S/C25H37N3O5S/c1-18(2)16-33-25(29)22-14-23(27-34(30,31)17-21-10-8-7-9-11-21)24(26-15-22)32-13-12-28(19(3)4)20(5)6/h7-11,14-15,18-20,27H,12-13,16-17H2,1-6H3. The summed E-state index contributed by atoms with van der Waals surface area (Å²) < 4.78 is 39.4. The van der Waals surface area contributed by atoms with E-state index in [9.17, 15) is 13.2 Å². The van der Waals surface area contributed by atoms with Gasteiger partial charge < -0.3 is 9.47 Å². The van der Waals surface area contributed by atoms with Gasteiger partial charge in [0.05, 0.1) is 17.9 Å². The zero-order chi connectivity index (χ0) is 25.3. The third kappa shape index (κ3) is 8.95. The van der Waals surface area contributed by atoms with E-state index in [-0.39, 0.29) is 35.4 Å². The Kier molecular flexibility index (Phi) is 10.3. The summed E-state index contributed by atoms with van der Waals surface area (Å²) in [6, 6.07) is 10.9. The normalized spacial score (nSPS) is 11.9. The molecule has 0 unspecified atom stereocenters. The fraction of sp³-hybridized carbons (Fsp3) is 0.520. The van der Waals surface area contributed by atoms with Crippen molar-refractivity contribution in [2.75, 3.05) is 24.5 Å². The molecule has 0 saturated heterocycles. The zero-order valence-electron chi connectivity index (χ0n) is 20.9. The lowest BCUT2D eigenvalue weighted by Gasteiger charge is -2.30. The van der Waals surface area contributed by atoms with Crippen LogP contribution in [-0.4, -0.2) is 56.1 Å². The van der Waals surface area contributed by atoms with E-state index in [1.807, 2.05) is 19.9 Å². The molecule has 2 aromatic rings. The van der Waals surface area contributed by atoms with Crippen molar-refractivity contribution in [1.29, 1.82) is 0 Å². The second-order valence-corrected chi connectivity index (χ2v) is 10.9. The highest BCUT2D eigenvalue weighted by atomic mass is 32.2. The molecule has 0 aliphatic carbocycles. The van der Waals surface area contributed by atoms with Crippen molar-refractivity contribution < 1.29 is 22.7 Å². The lowest BCUT2D eigenvalue weighted by Crippen LogP contribution is -2.39. The monoisotopic (exact) mass is 491 g/mol. The van der Waals surface area contributed by atoms with Crippen molar-refractivity contribution in [3.05, 3.63) is 53.7 Å². The fourth-order valence-corrected chi connectivity index (χ4v) is 4.62. The van der Waals surface area contributed by atoms with Crippen LogP contribution < -0.4 is 9.46 Å². The van der Waals surface area contributed by atoms with Gasteiger partial charge in [-0.05, 0) is 45.2 Å². The third-order valence-corrected chi connectivity index (χ3v) is 6.26. The lowest BCUT2D eigenvalue weighted by molar-refractivity contribution is 0.0458. The van der Waals surface area contributed by atoms with E-state index < -0.39 is 16.0 Å². The number of carbonyl (C=O) groups excluding carboxylic acids is 1. The van der Waals surface area contributed by atoms with Crippen LogP contribution in [0.2, 0.25) is 0 Å². The van der Waals surface area contributed by atoms with E-state index in [1.165, 1.54) is 12.3 Å². The van der Waals surface area contributed by atoms with Crippen LogP contribution in [0.15, 0.2) is 42.6 Å². The first-order valence-corrected chi connectivity index (χ1v) is 13.2. The number of rotatable bonds is 13. The minimum Gasteiger partial charge on any atom is -0.475 e. The molecule has 0 atom stereocenters. The second-order valence-electron chi connectivity index (χ2n) is 9.19. The molecule has 0 aliphatic rings. The number of esters is 1. The maximum Gasteiger partial charge on any atom is 0.339 e. The van der Waals surface area contributed by atoms with Crippen molar-refractivity contribution >= 4 is 21.7 Å². The van der Waals surface area contributed by atoms with Gasteiger partial charge in [-0.3, -0.25) is 9.62 Å². The fourth-order valence-electron chi connectivity index (χ4n) is 3.44. The molecule has 1 heterocycles. The van der Waals surface area contributed by atoms with Gasteiger partial charge in [0.1, 0.15) is 12.3 Å².